The molecular weight excluding hydrogens is 427 g/mol. The summed E-state index contributed by atoms with van der Waals surface area (Å²) in [5, 5.41) is 17.3. The van der Waals surface area contributed by atoms with Crippen LogP contribution in [0, 0.1) is 5.92 Å². The van der Waals surface area contributed by atoms with E-state index in [0.29, 0.717) is 59.2 Å². The van der Waals surface area contributed by atoms with Gasteiger partial charge in [-0.1, -0.05) is 37.0 Å². The van der Waals surface area contributed by atoms with Gasteiger partial charge in [-0.3, -0.25) is 4.79 Å². The molecule has 0 spiro atoms. The lowest BCUT2D eigenvalue weighted by atomic mass is 10.0. The summed E-state index contributed by atoms with van der Waals surface area (Å²) in [6, 6.07) is 8.35. The molecule has 1 aliphatic rings. The van der Waals surface area contributed by atoms with Crippen LogP contribution in [0.1, 0.15) is 13.8 Å². The van der Waals surface area contributed by atoms with E-state index >= 15 is 0 Å². The number of morpholine rings is 1. The number of carbonyl (C=O) groups excluding carboxylic acids is 1. The minimum Gasteiger partial charge on any atom is -0.378 e. The van der Waals surface area contributed by atoms with Gasteiger partial charge in [0.05, 0.1) is 13.2 Å². The quantitative estimate of drug-likeness (QED) is 0.643. The molecule has 0 aliphatic carbocycles. The number of nitrogens with zero attached hydrogens (tertiary/aromatic N) is 5. The average Bonchev–Trinajstić information content (AvgIpc) is 3.14. The second-order valence-corrected chi connectivity index (χ2v) is 8.35. The van der Waals surface area contributed by atoms with Gasteiger partial charge in [0.15, 0.2) is 11.5 Å². The van der Waals surface area contributed by atoms with Crippen LogP contribution in [0.4, 0.5) is 5.82 Å². The highest BCUT2D eigenvalue weighted by molar-refractivity contribution is 6.35. The zero-order chi connectivity index (χ0) is 21.3. The molecule has 1 saturated heterocycles. The van der Waals surface area contributed by atoms with Crippen LogP contribution in [0.3, 0.4) is 0 Å². The fourth-order valence-corrected chi connectivity index (χ4v) is 3.91. The first-order valence-electron chi connectivity index (χ1n) is 9.74. The van der Waals surface area contributed by atoms with Crippen molar-refractivity contribution in [1.29, 1.82) is 0 Å². The van der Waals surface area contributed by atoms with E-state index in [9.17, 15) is 4.79 Å². The van der Waals surface area contributed by atoms with Crippen molar-refractivity contribution in [3.63, 3.8) is 0 Å². The number of amides is 1. The number of nitrogens with one attached hydrogen (secondary N) is 1. The Kier molecular flexibility index (Phi) is 6.08. The molecule has 1 unspecified atom stereocenters. The summed E-state index contributed by atoms with van der Waals surface area (Å²) in [4.78, 5) is 14.9. The smallest absolute Gasteiger partial charge is 0.245 e. The molecule has 2 aromatic heterocycles. The molecule has 0 radical (unpaired) electrons. The summed E-state index contributed by atoms with van der Waals surface area (Å²) in [5.74, 6) is 1.18. The molecule has 1 aliphatic heterocycles. The van der Waals surface area contributed by atoms with E-state index in [4.69, 9.17) is 27.9 Å². The monoisotopic (exact) mass is 448 g/mol. The van der Waals surface area contributed by atoms with Crippen LogP contribution in [0.15, 0.2) is 30.3 Å². The Balaban J connectivity index is 1.64. The van der Waals surface area contributed by atoms with Gasteiger partial charge in [-0.05, 0) is 36.2 Å². The molecule has 0 bridgehead atoms. The number of hydrogen-bond acceptors (Lipinski definition) is 6. The van der Waals surface area contributed by atoms with Crippen LogP contribution < -0.4 is 5.32 Å². The van der Waals surface area contributed by atoms with Crippen molar-refractivity contribution < 1.29 is 9.53 Å². The highest BCUT2D eigenvalue weighted by Crippen LogP contribution is 2.26. The molecule has 158 valence electrons. The van der Waals surface area contributed by atoms with Crippen LogP contribution in [0.5, 0.6) is 0 Å². The second kappa shape index (κ2) is 8.75. The molecule has 3 aromatic rings. The summed E-state index contributed by atoms with van der Waals surface area (Å²) in [6.45, 7) is 6.34. The molecule has 8 nitrogen and oxygen atoms in total. The van der Waals surface area contributed by atoms with E-state index in [0.717, 1.165) is 0 Å². The Morgan fingerprint density at radius 2 is 1.80 bits per heavy atom. The maximum Gasteiger partial charge on any atom is 0.245 e. The van der Waals surface area contributed by atoms with Gasteiger partial charge in [0.25, 0.3) is 0 Å². The van der Waals surface area contributed by atoms with E-state index in [-0.39, 0.29) is 11.8 Å². The molecule has 10 heteroatoms. The van der Waals surface area contributed by atoms with E-state index in [1.165, 1.54) is 0 Å². The third-order valence-electron chi connectivity index (χ3n) is 4.94. The van der Waals surface area contributed by atoms with Gasteiger partial charge >= 0.3 is 0 Å². The number of carbonyl (C=O) groups is 1. The molecule has 1 N–H and O–H groups in total. The Morgan fingerprint density at radius 3 is 2.47 bits per heavy atom. The van der Waals surface area contributed by atoms with Crippen molar-refractivity contribution in [3.8, 4) is 11.4 Å². The van der Waals surface area contributed by atoms with Crippen molar-refractivity contribution in [2.75, 3.05) is 31.6 Å². The van der Waals surface area contributed by atoms with Crippen molar-refractivity contribution in [2.24, 2.45) is 5.92 Å². The number of benzene rings is 1. The fourth-order valence-electron chi connectivity index (χ4n) is 3.38. The first-order chi connectivity index (χ1) is 14.4. The lowest BCUT2D eigenvalue weighted by Crippen LogP contribution is -2.50. The third kappa shape index (κ3) is 4.35. The van der Waals surface area contributed by atoms with Crippen molar-refractivity contribution in [1.82, 2.24) is 24.7 Å². The van der Waals surface area contributed by atoms with Crippen LogP contribution in [-0.2, 0) is 9.53 Å². The average molecular weight is 449 g/mol. The predicted molar refractivity (Wildman–Crippen MR) is 116 cm³/mol. The van der Waals surface area contributed by atoms with Gasteiger partial charge in [-0.2, -0.15) is 4.52 Å². The van der Waals surface area contributed by atoms with Gasteiger partial charge in [0.1, 0.15) is 11.9 Å². The molecule has 3 heterocycles. The largest absolute Gasteiger partial charge is 0.378 e. The zero-order valence-electron chi connectivity index (χ0n) is 16.7. The van der Waals surface area contributed by atoms with Gasteiger partial charge in [0.2, 0.25) is 5.91 Å². The van der Waals surface area contributed by atoms with Crippen LogP contribution >= 0.6 is 23.2 Å². The molecule has 0 saturated carbocycles. The highest BCUT2D eigenvalue weighted by Gasteiger charge is 2.28. The number of ether oxygens (including phenoxy) is 1. The number of hydrogen-bond donors (Lipinski definition) is 1. The van der Waals surface area contributed by atoms with Gasteiger partial charge in [-0.15, -0.1) is 15.3 Å². The summed E-state index contributed by atoms with van der Waals surface area (Å²) in [6.07, 6.45) is 0. The standard InChI is InChI=1S/C20H22Cl2N6O2/c1-12(2)18(20(29)27-5-7-30-8-6-27)23-16-3-4-17-24-25-19(28(17)26-16)13-9-14(21)11-15(22)10-13/h3-4,9-12,18H,5-8H2,1-2H3,(H,23,26). The van der Waals surface area contributed by atoms with Crippen LogP contribution in [0.2, 0.25) is 10.0 Å². The summed E-state index contributed by atoms with van der Waals surface area (Å²) in [5.41, 5.74) is 1.28. The zero-order valence-corrected chi connectivity index (χ0v) is 18.2. The Hall–Kier alpha value is -2.42. The maximum atomic E-state index is 13.0. The maximum absolute atomic E-state index is 13.0. The van der Waals surface area contributed by atoms with Crippen molar-refractivity contribution in [3.05, 3.63) is 40.4 Å². The molecule has 4 rings (SSSR count). The van der Waals surface area contributed by atoms with Crippen molar-refractivity contribution >= 4 is 40.6 Å². The summed E-state index contributed by atoms with van der Waals surface area (Å²) in [7, 11) is 0. The number of aromatic nitrogens is 4. The second-order valence-electron chi connectivity index (χ2n) is 7.47. The molecule has 1 atom stereocenters. The number of fused-ring (bicyclic) bond motifs is 1. The molecule has 1 fully saturated rings. The number of anilines is 1. The summed E-state index contributed by atoms with van der Waals surface area (Å²) < 4.78 is 6.97. The Labute approximate surface area is 184 Å². The lowest BCUT2D eigenvalue weighted by Gasteiger charge is -2.32. The first-order valence-corrected chi connectivity index (χ1v) is 10.5. The Bertz CT molecular complexity index is 1040. The number of rotatable bonds is 5. The molecule has 30 heavy (non-hydrogen) atoms. The van der Waals surface area contributed by atoms with Crippen LogP contribution in [-0.4, -0.2) is 63.0 Å². The third-order valence-corrected chi connectivity index (χ3v) is 5.38. The van der Waals surface area contributed by atoms with Gasteiger partial charge < -0.3 is 15.0 Å². The van der Waals surface area contributed by atoms with Crippen molar-refractivity contribution in [2.45, 2.75) is 19.9 Å². The SMILES string of the molecule is CC(C)C(Nc1ccc2nnc(-c3cc(Cl)cc(Cl)c3)n2n1)C(=O)N1CCOCC1. The minimum atomic E-state index is -0.409. The fraction of sp³-hybridized carbons (Fsp3) is 0.400. The normalized spacial score (nSPS) is 15.6. The predicted octanol–water partition coefficient (Wildman–Crippen LogP) is 3.39. The minimum absolute atomic E-state index is 0.0424. The Morgan fingerprint density at radius 1 is 1.10 bits per heavy atom. The van der Waals surface area contributed by atoms with E-state index in [2.05, 4.69) is 20.6 Å². The lowest BCUT2D eigenvalue weighted by molar-refractivity contribution is -0.137. The number of halogens is 2. The van der Waals surface area contributed by atoms with Gasteiger partial charge in [0, 0.05) is 28.7 Å². The van der Waals surface area contributed by atoms with E-state index in [1.807, 2.05) is 18.7 Å². The van der Waals surface area contributed by atoms with E-state index in [1.54, 1.807) is 34.8 Å². The van der Waals surface area contributed by atoms with Gasteiger partial charge in [-0.25, -0.2) is 0 Å². The first kappa shape index (κ1) is 20.8. The molecule has 1 amide bonds. The molecule has 1 aromatic carbocycles. The summed E-state index contributed by atoms with van der Waals surface area (Å²) >= 11 is 12.3. The molecular formula is C20H22Cl2N6O2. The van der Waals surface area contributed by atoms with E-state index < -0.39 is 6.04 Å². The topological polar surface area (TPSA) is 84.7 Å². The van der Waals surface area contributed by atoms with Crippen LogP contribution in [0.25, 0.3) is 17.0 Å². The highest BCUT2D eigenvalue weighted by atomic mass is 35.5.